The van der Waals surface area contributed by atoms with Gasteiger partial charge in [-0.2, -0.15) is 0 Å². The summed E-state index contributed by atoms with van der Waals surface area (Å²) in [5, 5.41) is 12.4. The van der Waals surface area contributed by atoms with Crippen LogP contribution in [0.2, 0.25) is 0 Å². The van der Waals surface area contributed by atoms with Crippen molar-refractivity contribution in [3.8, 4) is 61.8 Å². The van der Waals surface area contributed by atoms with Crippen molar-refractivity contribution in [2.75, 3.05) is 0 Å². The number of hydrogen-bond acceptors (Lipinski definition) is 4. The van der Waals surface area contributed by atoms with Crippen LogP contribution >= 0.6 is 0 Å². The lowest BCUT2D eigenvalue weighted by molar-refractivity contribution is 0.965. The average molecular weight is 706 g/mol. The summed E-state index contributed by atoms with van der Waals surface area (Å²) in [6.45, 7) is 0. The molecule has 0 N–H and O–H groups in total. The van der Waals surface area contributed by atoms with Gasteiger partial charge < -0.3 is 4.57 Å². The minimum Gasteiger partial charge on any atom is -0.309 e. The summed E-state index contributed by atoms with van der Waals surface area (Å²) < 4.78 is 6.07. The molecule has 7 nitrogen and oxygen atoms in total. The molecule has 0 atom stereocenters. The van der Waals surface area contributed by atoms with Gasteiger partial charge in [-0.25, -0.2) is 19.0 Å². The van der Waals surface area contributed by atoms with Crippen molar-refractivity contribution in [3.05, 3.63) is 188 Å². The van der Waals surface area contributed by atoms with Crippen LogP contribution < -0.4 is 0 Å². The van der Waals surface area contributed by atoms with Crippen molar-refractivity contribution < 1.29 is 0 Å². The molecule has 0 unspecified atom stereocenters. The zero-order chi connectivity index (χ0) is 36.3. The molecule has 0 spiro atoms. The molecule has 55 heavy (non-hydrogen) atoms. The monoisotopic (exact) mass is 705 g/mol. The lowest BCUT2D eigenvalue weighted by atomic mass is 9.97. The number of pyridine rings is 2. The maximum Gasteiger partial charge on any atom is 0.182 e. The van der Waals surface area contributed by atoms with Crippen molar-refractivity contribution in [2.45, 2.75) is 0 Å². The normalized spacial score (nSPS) is 11.6. The molecule has 0 aliphatic heterocycles. The third kappa shape index (κ3) is 5.37. The van der Waals surface area contributed by atoms with Crippen LogP contribution in [0.25, 0.3) is 94.9 Å². The van der Waals surface area contributed by atoms with Gasteiger partial charge in [-0.1, -0.05) is 103 Å². The Morgan fingerprint density at radius 3 is 1.42 bits per heavy atom. The van der Waals surface area contributed by atoms with E-state index in [9.17, 15) is 0 Å². The fraction of sp³-hybridized carbons (Fsp3) is 0. The smallest absolute Gasteiger partial charge is 0.182 e. The number of aromatic nitrogens is 7. The molecule has 0 saturated carbocycles. The lowest BCUT2D eigenvalue weighted by Crippen LogP contribution is -1.93. The molecule has 258 valence electrons. The van der Waals surface area contributed by atoms with Gasteiger partial charge in [-0.3, -0.25) is 0 Å². The first-order valence-electron chi connectivity index (χ1n) is 18.3. The van der Waals surface area contributed by atoms with Crippen LogP contribution in [0.5, 0.6) is 0 Å². The standard InChI is InChI=1S/C48H31N7/c1-4-12-32(13-5-1)35-21-24-45-49-47(51-53(45)30-35)38-26-37(27-39(28-38)48-50-46-25-22-36(31-54(46)52-48)33-14-6-2-7-15-33)34-20-23-44-42(29-34)41-18-10-11-19-43(41)55(44)40-16-8-3-9-17-40/h1-31H. The van der Waals surface area contributed by atoms with Crippen molar-refractivity contribution in [1.82, 2.24) is 33.8 Å². The van der Waals surface area contributed by atoms with Gasteiger partial charge >= 0.3 is 0 Å². The molecule has 0 saturated heterocycles. The number of hydrogen-bond donors (Lipinski definition) is 0. The Hall–Kier alpha value is -7.64. The minimum absolute atomic E-state index is 0.630. The second kappa shape index (κ2) is 12.5. The molecule has 11 aromatic rings. The second-order valence-electron chi connectivity index (χ2n) is 13.8. The van der Waals surface area contributed by atoms with Crippen LogP contribution in [0, 0.1) is 0 Å². The predicted octanol–water partition coefficient (Wildman–Crippen LogP) is 11.2. The van der Waals surface area contributed by atoms with E-state index in [4.69, 9.17) is 20.2 Å². The molecule has 5 aromatic heterocycles. The molecule has 0 bridgehead atoms. The van der Waals surface area contributed by atoms with E-state index in [1.165, 1.54) is 16.3 Å². The van der Waals surface area contributed by atoms with Gasteiger partial charge in [-0.05, 0) is 95.1 Å². The molecule has 0 fully saturated rings. The first-order chi connectivity index (χ1) is 27.2. The maximum absolute atomic E-state index is 5.01. The summed E-state index contributed by atoms with van der Waals surface area (Å²) >= 11 is 0. The van der Waals surface area contributed by atoms with Gasteiger partial charge in [0.15, 0.2) is 22.9 Å². The van der Waals surface area contributed by atoms with Crippen LogP contribution in [0.4, 0.5) is 0 Å². The van der Waals surface area contributed by atoms with Crippen LogP contribution in [-0.2, 0) is 0 Å². The Labute approximate surface area is 316 Å². The summed E-state index contributed by atoms with van der Waals surface area (Å²) in [6.07, 6.45) is 4.08. The highest BCUT2D eigenvalue weighted by Crippen LogP contribution is 2.37. The van der Waals surface area contributed by atoms with Crippen LogP contribution in [0.15, 0.2) is 188 Å². The topological polar surface area (TPSA) is 65.3 Å². The quantitative estimate of drug-likeness (QED) is 0.173. The molecule has 6 aromatic carbocycles. The van der Waals surface area contributed by atoms with E-state index < -0.39 is 0 Å². The number of nitrogens with zero attached hydrogens (tertiary/aromatic N) is 7. The lowest BCUT2D eigenvalue weighted by Gasteiger charge is -2.09. The largest absolute Gasteiger partial charge is 0.309 e. The SMILES string of the molecule is c1ccc(-c2ccc3nc(-c4cc(-c5ccc6c(c5)c5ccccc5n6-c5ccccc5)cc(-c5nc6ccc(-c7ccccc7)cn6n5)c4)nn3c2)cc1. The molecular weight excluding hydrogens is 675 g/mol. The highest BCUT2D eigenvalue weighted by Gasteiger charge is 2.17. The van der Waals surface area contributed by atoms with E-state index >= 15 is 0 Å². The summed E-state index contributed by atoms with van der Waals surface area (Å²) in [6, 6.07) is 61.2. The summed E-state index contributed by atoms with van der Waals surface area (Å²) in [7, 11) is 0. The van der Waals surface area contributed by atoms with Gasteiger partial charge in [0.2, 0.25) is 0 Å². The van der Waals surface area contributed by atoms with Crippen LogP contribution in [-0.4, -0.2) is 33.8 Å². The molecule has 0 aliphatic carbocycles. The number of para-hydroxylation sites is 2. The number of benzene rings is 6. The van der Waals surface area contributed by atoms with Gasteiger partial charge in [0.05, 0.1) is 11.0 Å². The van der Waals surface area contributed by atoms with Gasteiger partial charge in [0, 0.05) is 51.1 Å². The molecule has 11 rings (SSSR count). The Morgan fingerprint density at radius 2 is 0.818 bits per heavy atom. The minimum atomic E-state index is 0.630. The molecular formula is C48H31N7. The van der Waals surface area contributed by atoms with Crippen molar-refractivity contribution in [1.29, 1.82) is 0 Å². The van der Waals surface area contributed by atoms with Crippen LogP contribution in [0.3, 0.4) is 0 Å². The van der Waals surface area contributed by atoms with Crippen LogP contribution in [0.1, 0.15) is 0 Å². The number of fused-ring (bicyclic) bond motifs is 5. The van der Waals surface area contributed by atoms with E-state index in [-0.39, 0.29) is 0 Å². The Balaban J connectivity index is 1.09. The average Bonchev–Trinajstić information content (AvgIpc) is 3.98. The summed E-state index contributed by atoms with van der Waals surface area (Å²) in [5.74, 6) is 1.26. The Kier molecular flexibility index (Phi) is 7.03. The zero-order valence-corrected chi connectivity index (χ0v) is 29.5. The van der Waals surface area contributed by atoms with E-state index in [1.807, 2.05) is 70.0 Å². The maximum atomic E-state index is 5.01. The van der Waals surface area contributed by atoms with Crippen molar-refractivity contribution in [2.24, 2.45) is 0 Å². The zero-order valence-electron chi connectivity index (χ0n) is 29.5. The molecule has 5 heterocycles. The van der Waals surface area contributed by atoms with Gasteiger partial charge in [-0.15, -0.1) is 10.2 Å². The van der Waals surface area contributed by atoms with Crippen molar-refractivity contribution in [3.63, 3.8) is 0 Å². The van der Waals surface area contributed by atoms with Crippen molar-refractivity contribution >= 4 is 33.1 Å². The molecule has 7 heteroatoms. The van der Waals surface area contributed by atoms with E-state index in [0.29, 0.717) is 11.6 Å². The molecule has 0 aliphatic rings. The first-order valence-corrected chi connectivity index (χ1v) is 18.3. The van der Waals surface area contributed by atoms with E-state index in [2.05, 4.69) is 132 Å². The third-order valence-corrected chi connectivity index (χ3v) is 10.3. The van der Waals surface area contributed by atoms with E-state index in [1.54, 1.807) is 0 Å². The second-order valence-corrected chi connectivity index (χ2v) is 13.8. The Bertz CT molecular complexity index is 3060. The fourth-order valence-corrected chi connectivity index (χ4v) is 7.67. The third-order valence-electron chi connectivity index (χ3n) is 10.3. The van der Waals surface area contributed by atoms with Gasteiger partial charge in [0.25, 0.3) is 0 Å². The van der Waals surface area contributed by atoms with Gasteiger partial charge in [0.1, 0.15) is 0 Å². The molecule has 0 radical (unpaired) electrons. The fourth-order valence-electron chi connectivity index (χ4n) is 7.67. The first kappa shape index (κ1) is 30.9. The molecule has 0 amide bonds. The Morgan fingerprint density at radius 1 is 0.327 bits per heavy atom. The highest BCUT2D eigenvalue weighted by molar-refractivity contribution is 6.10. The van der Waals surface area contributed by atoms with E-state index in [0.717, 1.165) is 67.0 Å². The summed E-state index contributed by atoms with van der Waals surface area (Å²) in [5.41, 5.74) is 13.3. The number of rotatable bonds is 6. The highest BCUT2D eigenvalue weighted by atomic mass is 15.3. The summed E-state index contributed by atoms with van der Waals surface area (Å²) in [4.78, 5) is 10.0. The predicted molar refractivity (Wildman–Crippen MR) is 221 cm³/mol.